The largest absolute Gasteiger partial charge is 0.329 e. The third-order valence-corrected chi connectivity index (χ3v) is 4.78. The van der Waals surface area contributed by atoms with Crippen molar-refractivity contribution in [3.05, 3.63) is 0 Å². The molecule has 88 valence electrons. The lowest BCUT2D eigenvalue weighted by Crippen LogP contribution is -2.48. The monoisotopic (exact) mass is 210 g/mol. The molecule has 1 saturated carbocycles. The van der Waals surface area contributed by atoms with Crippen molar-refractivity contribution in [2.75, 3.05) is 13.1 Å². The van der Waals surface area contributed by atoms with Gasteiger partial charge in [-0.3, -0.25) is 4.90 Å². The quantitative estimate of drug-likeness (QED) is 0.757. The Hall–Kier alpha value is -0.0800. The molecule has 0 aromatic carbocycles. The van der Waals surface area contributed by atoms with E-state index in [0.29, 0.717) is 6.04 Å². The van der Waals surface area contributed by atoms with Crippen LogP contribution in [0.4, 0.5) is 0 Å². The SMILES string of the molecule is CC1CCCC(N2CCCC2CN)C1C. The summed E-state index contributed by atoms with van der Waals surface area (Å²) in [5.74, 6) is 1.77. The van der Waals surface area contributed by atoms with Gasteiger partial charge in [-0.15, -0.1) is 0 Å². The summed E-state index contributed by atoms with van der Waals surface area (Å²) in [4.78, 5) is 2.72. The van der Waals surface area contributed by atoms with Crippen LogP contribution in [0.3, 0.4) is 0 Å². The van der Waals surface area contributed by atoms with Crippen LogP contribution in [0.15, 0.2) is 0 Å². The molecule has 4 unspecified atom stereocenters. The van der Waals surface area contributed by atoms with E-state index in [4.69, 9.17) is 5.73 Å². The number of nitrogens with two attached hydrogens (primary N) is 1. The van der Waals surface area contributed by atoms with E-state index in [2.05, 4.69) is 18.7 Å². The van der Waals surface area contributed by atoms with E-state index in [1.54, 1.807) is 0 Å². The molecule has 2 aliphatic rings. The van der Waals surface area contributed by atoms with Crippen molar-refractivity contribution in [2.24, 2.45) is 17.6 Å². The molecule has 1 saturated heterocycles. The fraction of sp³-hybridized carbons (Fsp3) is 1.00. The topological polar surface area (TPSA) is 29.3 Å². The number of nitrogens with zero attached hydrogens (tertiary/aromatic N) is 1. The summed E-state index contributed by atoms with van der Waals surface area (Å²) in [5, 5.41) is 0. The number of hydrogen-bond donors (Lipinski definition) is 1. The summed E-state index contributed by atoms with van der Waals surface area (Å²) >= 11 is 0. The molecule has 0 aromatic heterocycles. The summed E-state index contributed by atoms with van der Waals surface area (Å²) < 4.78 is 0. The lowest BCUT2D eigenvalue weighted by molar-refractivity contribution is 0.0736. The van der Waals surface area contributed by atoms with Gasteiger partial charge in [-0.2, -0.15) is 0 Å². The van der Waals surface area contributed by atoms with E-state index in [-0.39, 0.29) is 0 Å². The lowest BCUT2D eigenvalue weighted by Gasteiger charge is -2.42. The van der Waals surface area contributed by atoms with Crippen LogP contribution in [0.1, 0.15) is 46.0 Å². The van der Waals surface area contributed by atoms with Crippen LogP contribution in [-0.2, 0) is 0 Å². The normalized spacial score (nSPS) is 43.4. The highest BCUT2D eigenvalue weighted by molar-refractivity contribution is 4.91. The van der Waals surface area contributed by atoms with Gasteiger partial charge < -0.3 is 5.73 Å². The van der Waals surface area contributed by atoms with Crippen LogP contribution >= 0.6 is 0 Å². The Morgan fingerprint density at radius 3 is 2.67 bits per heavy atom. The molecule has 4 atom stereocenters. The van der Waals surface area contributed by atoms with Crippen LogP contribution in [0.2, 0.25) is 0 Å². The first-order valence-electron chi connectivity index (χ1n) is 6.70. The third-order valence-electron chi connectivity index (χ3n) is 4.78. The average Bonchev–Trinajstić information content (AvgIpc) is 2.70. The van der Waals surface area contributed by atoms with Gasteiger partial charge in [-0.1, -0.05) is 26.7 Å². The van der Waals surface area contributed by atoms with E-state index in [9.17, 15) is 0 Å². The summed E-state index contributed by atoms with van der Waals surface area (Å²) in [6.45, 7) is 7.02. The predicted octanol–water partition coefficient (Wildman–Crippen LogP) is 2.23. The molecule has 2 N–H and O–H groups in total. The maximum absolute atomic E-state index is 5.87. The molecule has 1 heterocycles. The molecule has 2 fully saturated rings. The van der Waals surface area contributed by atoms with Crippen molar-refractivity contribution in [1.29, 1.82) is 0 Å². The molecule has 0 radical (unpaired) electrons. The molecule has 2 rings (SSSR count). The second kappa shape index (κ2) is 4.84. The number of hydrogen-bond acceptors (Lipinski definition) is 2. The minimum atomic E-state index is 0.683. The highest BCUT2D eigenvalue weighted by Gasteiger charge is 2.36. The van der Waals surface area contributed by atoms with E-state index >= 15 is 0 Å². The third kappa shape index (κ3) is 2.21. The molecular weight excluding hydrogens is 184 g/mol. The highest BCUT2D eigenvalue weighted by Crippen LogP contribution is 2.35. The summed E-state index contributed by atoms with van der Waals surface area (Å²) in [6, 6.07) is 1.51. The molecule has 15 heavy (non-hydrogen) atoms. The van der Waals surface area contributed by atoms with Gasteiger partial charge in [0, 0.05) is 18.6 Å². The molecule has 0 aromatic rings. The van der Waals surface area contributed by atoms with Gasteiger partial charge in [0.25, 0.3) is 0 Å². The standard InChI is InChI=1S/C13H26N2/c1-10-5-3-7-13(11(10)2)15-8-4-6-12(15)9-14/h10-13H,3-9,14H2,1-2H3. The van der Waals surface area contributed by atoms with Crippen molar-refractivity contribution >= 4 is 0 Å². The lowest BCUT2D eigenvalue weighted by atomic mass is 9.77. The first kappa shape index (κ1) is 11.4. The van der Waals surface area contributed by atoms with Gasteiger partial charge in [0.1, 0.15) is 0 Å². The fourth-order valence-corrected chi connectivity index (χ4v) is 3.57. The summed E-state index contributed by atoms with van der Waals surface area (Å²) in [6.07, 6.45) is 6.94. The Morgan fingerprint density at radius 2 is 1.93 bits per heavy atom. The second-order valence-corrected chi connectivity index (χ2v) is 5.60. The maximum atomic E-state index is 5.87. The minimum absolute atomic E-state index is 0.683. The molecule has 0 amide bonds. The summed E-state index contributed by atoms with van der Waals surface area (Å²) in [7, 11) is 0. The van der Waals surface area contributed by atoms with Crippen molar-refractivity contribution < 1.29 is 0 Å². The zero-order valence-corrected chi connectivity index (χ0v) is 10.3. The Morgan fingerprint density at radius 1 is 1.13 bits per heavy atom. The van der Waals surface area contributed by atoms with E-state index < -0.39 is 0 Å². The van der Waals surface area contributed by atoms with Gasteiger partial charge in [0.2, 0.25) is 0 Å². The van der Waals surface area contributed by atoms with Gasteiger partial charge in [0.15, 0.2) is 0 Å². The Balaban J connectivity index is 2.01. The molecule has 0 bridgehead atoms. The van der Waals surface area contributed by atoms with Crippen LogP contribution in [0.5, 0.6) is 0 Å². The number of rotatable bonds is 2. The zero-order valence-electron chi connectivity index (χ0n) is 10.3. The van der Waals surface area contributed by atoms with Crippen LogP contribution in [0.25, 0.3) is 0 Å². The molecular formula is C13H26N2. The molecule has 0 spiro atoms. The van der Waals surface area contributed by atoms with E-state index in [1.165, 1.54) is 38.6 Å². The van der Waals surface area contributed by atoms with Gasteiger partial charge in [-0.05, 0) is 37.6 Å². The van der Waals surface area contributed by atoms with Crippen molar-refractivity contribution in [1.82, 2.24) is 4.90 Å². The average molecular weight is 210 g/mol. The Bertz CT molecular complexity index is 205. The van der Waals surface area contributed by atoms with E-state index in [0.717, 1.165) is 24.4 Å². The Kier molecular flexibility index (Phi) is 3.68. The minimum Gasteiger partial charge on any atom is -0.329 e. The second-order valence-electron chi connectivity index (χ2n) is 5.60. The zero-order chi connectivity index (χ0) is 10.8. The predicted molar refractivity (Wildman–Crippen MR) is 64.7 cm³/mol. The van der Waals surface area contributed by atoms with Crippen LogP contribution < -0.4 is 5.73 Å². The van der Waals surface area contributed by atoms with E-state index in [1.807, 2.05) is 0 Å². The number of likely N-dealkylation sites (tertiary alicyclic amines) is 1. The molecule has 2 heteroatoms. The molecule has 2 nitrogen and oxygen atoms in total. The highest BCUT2D eigenvalue weighted by atomic mass is 15.2. The molecule has 1 aliphatic heterocycles. The van der Waals surface area contributed by atoms with Crippen molar-refractivity contribution in [2.45, 2.75) is 58.0 Å². The first-order valence-corrected chi connectivity index (χ1v) is 6.70. The maximum Gasteiger partial charge on any atom is 0.0221 e. The van der Waals surface area contributed by atoms with Gasteiger partial charge in [0.05, 0.1) is 0 Å². The Labute approximate surface area is 94.2 Å². The summed E-state index contributed by atoms with van der Waals surface area (Å²) in [5.41, 5.74) is 5.87. The van der Waals surface area contributed by atoms with Crippen molar-refractivity contribution in [3.63, 3.8) is 0 Å². The van der Waals surface area contributed by atoms with Crippen LogP contribution in [0, 0.1) is 11.8 Å². The van der Waals surface area contributed by atoms with Crippen molar-refractivity contribution in [3.8, 4) is 0 Å². The van der Waals surface area contributed by atoms with Crippen LogP contribution in [-0.4, -0.2) is 30.1 Å². The smallest absolute Gasteiger partial charge is 0.0221 e. The van der Waals surface area contributed by atoms with Gasteiger partial charge >= 0.3 is 0 Å². The molecule has 1 aliphatic carbocycles. The van der Waals surface area contributed by atoms with Gasteiger partial charge in [-0.25, -0.2) is 0 Å². The fourth-order valence-electron chi connectivity index (χ4n) is 3.57. The first-order chi connectivity index (χ1) is 7.24.